The Morgan fingerprint density at radius 1 is 1.03 bits per heavy atom. The van der Waals surface area contributed by atoms with Crippen molar-refractivity contribution in [1.29, 1.82) is 0 Å². The van der Waals surface area contributed by atoms with Crippen molar-refractivity contribution in [2.45, 2.75) is 62.7 Å². The smallest absolute Gasteiger partial charge is 0.381 e. The number of ether oxygens (including phenoxy) is 1. The maximum atomic E-state index is 13.6. The Balaban J connectivity index is 1.13. The average molecular weight is 524 g/mol. The number of halogens is 3. The monoisotopic (exact) mass is 523 g/mol. The summed E-state index contributed by atoms with van der Waals surface area (Å²) in [6.07, 6.45) is 7.67. The van der Waals surface area contributed by atoms with E-state index in [1.807, 2.05) is 6.07 Å². The van der Waals surface area contributed by atoms with Crippen molar-refractivity contribution in [2.75, 3.05) is 25.0 Å². The molecule has 0 radical (unpaired) electrons. The lowest BCUT2D eigenvalue weighted by atomic mass is 9.73. The standard InChI is InChI=1S/C31H36F3N3O/c32-31(33,34)23-11-14-28-27(17-23)30-26(29(36-28)22-9-5-2-6-10-22)13-12-25(38-30)18-35-24-15-16-37(20-24)19-21-7-3-1-4-8-21/h1-9,11,14,17,22,24-26,29-30,35-36H,10,12-13,15-16,18-20H2/t22?,24-,25+,26-,29-,30-/m0/s1. The molecule has 2 fully saturated rings. The number of likely N-dealkylation sites (tertiary alicyclic amines) is 1. The fourth-order valence-electron chi connectivity index (χ4n) is 6.69. The maximum absolute atomic E-state index is 13.6. The summed E-state index contributed by atoms with van der Waals surface area (Å²) in [5.74, 6) is 0.437. The van der Waals surface area contributed by atoms with E-state index in [1.54, 1.807) is 6.07 Å². The number of nitrogens with one attached hydrogen (secondary N) is 2. The first-order valence-electron chi connectivity index (χ1n) is 13.9. The number of benzene rings is 2. The number of fused-ring (bicyclic) bond motifs is 3. The molecule has 2 saturated heterocycles. The molecule has 7 heteroatoms. The summed E-state index contributed by atoms with van der Waals surface area (Å²) >= 11 is 0. The molecule has 6 rings (SSSR count). The van der Waals surface area contributed by atoms with E-state index < -0.39 is 11.7 Å². The number of allylic oxidation sites excluding steroid dienone is 3. The van der Waals surface area contributed by atoms with Gasteiger partial charge in [0.2, 0.25) is 0 Å². The summed E-state index contributed by atoms with van der Waals surface area (Å²) in [6, 6.07) is 15.2. The predicted octanol–water partition coefficient (Wildman–Crippen LogP) is 6.33. The number of hydrogen-bond donors (Lipinski definition) is 2. The van der Waals surface area contributed by atoms with Crippen molar-refractivity contribution in [3.8, 4) is 0 Å². The number of hydrogen-bond acceptors (Lipinski definition) is 4. The summed E-state index contributed by atoms with van der Waals surface area (Å²) in [6.45, 7) is 3.75. The zero-order valence-electron chi connectivity index (χ0n) is 21.5. The van der Waals surface area contributed by atoms with Gasteiger partial charge in [0.05, 0.1) is 17.8 Å². The van der Waals surface area contributed by atoms with E-state index >= 15 is 0 Å². The minimum absolute atomic E-state index is 0.0117. The lowest BCUT2D eigenvalue weighted by molar-refractivity contribution is -0.138. The molecule has 0 amide bonds. The van der Waals surface area contributed by atoms with Gasteiger partial charge in [-0.1, -0.05) is 54.6 Å². The molecule has 0 bridgehead atoms. The summed E-state index contributed by atoms with van der Waals surface area (Å²) in [7, 11) is 0. The average Bonchev–Trinajstić information content (AvgIpc) is 3.38. The van der Waals surface area contributed by atoms with Crippen LogP contribution in [0.3, 0.4) is 0 Å². The van der Waals surface area contributed by atoms with Crippen LogP contribution in [-0.4, -0.2) is 42.7 Å². The largest absolute Gasteiger partial charge is 0.416 e. The quantitative estimate of drug-likeness (QED) is 0.464. The van der Waals surface area contributed by atoms with E-state index in [1.165, 1.54) is 17.7 Å². The lowest BCUT2D eigenvalue weighted by Crippen LogP contribution is -2.49. The minimum Gasteiger partial charge on any atom is -0.381 e. The zero-order chi connectivity index (χ0) is 26.1. The van der Waals surface area contributed by atoms with Gasteiger partial charge in [0, 0.05) is 61.3 Å². The van der Waals surface area contributed by atoms with Crippen LogP contribution in [0.2, 0.25) is 0 Å². The fraction of sp³-hybridized carbons (Fsp3) is 0.484. The highest BCUT2D eigenvalue weighted by Crippen LogP contribution is 2.49. The molecule has 2 aromatic rings. The van der Waals surface area contributed by atoms with Gasteiger partial charge in [-0.05, 0) is 49.4 Å². The second kappa shape index (κ2) is 10.9. The van der Waals surface area contributed by atoms with Crippen molar-refractivity contribution < 1.29 is 17.9 Å². The molecule has 38 heavy (non-hydrogen) atoms. The topological polar surface area (TPSA) is 36.5 Å². The SMILES string of the molecule is FC(F)(F)c1ccc2c(c1)[C@H]1O[C@@H](CN[C@H]3CCN(Cc4ccccc4)C3)CC[C@H]1[C@H](C1C=CC=CC1)N2. The highest BCUT2D eigenvalue weighted by molar-refractivity contribution is 5.58. The minimum atomic E-state index is -4.37. The van der Waals surface area contributed by atoms with Gasteiger partial charge in [-0.2, -0.15) is 13.2 Å². The summed E-state index contributed by atoms with van der Waals surface area (Å²) in [4.78, 5) is 2.48. The Morgan fingerprint density at radius 2 is 1.89 bits per heavy atom. The Hall–Kier alpha value is -2.61. The molecule has 0 aromatic heterocycles. The summed E-state index contributed by atoms with van der Waals surface area (Å²) < 4.78 is 47.5. The first kappa shape index (κ1) is 25.7. The third-order valence-corrected chi connectivity index (χ3v) is 8.65. The Labute approximate surface area is 222 Å². The molecule has 2 aromatic carbocycles. The van der Waals surface area contributed by atoms with E-state index in [4.69, 9.17) is 4.74 Å². The molecule has 4 aliphatic rings. The molecular formula is C31H36F3N3O. The van der Waals surface area contributed by atoms with Crippen LogP contribution in [0.25, 0.3) is 0 Å². The van der Waals surface area contributed by atoms with Crippen LogP contribution >= 0.6 is 0 Å². The molecule has 3 heterocycles. The van der Waals surface area contributed by atoms with Crippen LogP contribution < -0.4 is 10.6 Å². The van der Waals surface area contributed by atoms with Crippen LogP contribution in [0.5, 0.6) is 0 Å². The van der Waals surface area contributed by atoms with Crippen LogP contribution in [0.4, 0.5) is 18.9 Å². The zero-order valence-corrected chi connectivity index (χ0v) is 21.5. The van der Waals surface area contributed by atoms with Crippen molar-refractivity contribution in [3.63, 3.8) is 0 Å². The molecule has 202 valence electrons. The highest BCUT2D eigenvalue weighted by Gasteiger charge is 2.45. The van der Waals surface area contributed by atoms with Gasteiger partial charge < -0.3 is 15.4 Å². The maximum Gasteiger partial charge on any atom is 0.416 e. The van der Waals surface area contributed by atoms with Gasteiger partial charge in [0.1, 0.15) is 0 Å². The van der Waals surface area contributed by atoms with Crippen molar-refractivity contribution >= 4 is 5.69 Å². The van der Waals surface area contributed by atoms with Gasteiger partial charge in [-0.25, -0.2) is 0 Å². The van der Waals surface area contributed by atoms with E-state index in [0.717, 1.165) is 57.5 Å². The van der Waals surface area contributed by atoms with Crippen LogP contribution in [0.1, 0.15) is 48.5 Å². The molecule has 0 spiro atoms. The molecule has 0 saturated carbocycles. The normalized spacial score (nSPS) is 31.0. The van der Waals surface area contributed by atoms with Crippen molar-refractivity contribution in [1.82, 2.24) is 10.2 Å². The van der Waals surface area contributed by atoms with Gasteiger partial charge in [-0.15, -0.1) is 0 Å². The van der Waals surface area contributed by atoms with E-state index in [0.29, 0.717) is 17.5 Å². The third kappa shape index (κ3) is 5.56. The van der Waals surface area contributed by atoms with Crippen molar-refractivity contribution in [2.24, 2.45) is 11.8 Å². The van der Waals surface area contributed by atoms with Gasteiger partial charge in [0.15, 0.2) is 0 Å². The van der Waals surface area contributed by atoms with Gasteiger partial charge >= 0.3 is 6.18 Å². The second-order valence-corrected chi connectivity index (χ2v) is 11.2. The van der Waals surface area contributed by atoms with E-state index in [9.17, 15) is 13.2 Å². The first-order valence-corrected chi connectivity index (χ1v) is 13.9. The molecule has 1 unspecified atom stereocenters. The molecule has 2 N–H and O–H groups in total. The number of nitrogens with zero attached hydrogens (tertiary/aromatic N) is 1. The molecule has 6 atom stereocenters. The number of alkyl halides is 3. The van der Waals surface area contributed by atoms with E-state index in [2.05, 4.69) is 64.1 Å². The highest BCUT2D eigenvalue weighted by atomic mass is 19.4. The number of anilines is 1. The van der Waals surface area contributed by atoms with Crippen molar-refractivity contribution in [3.05, 3.63) is 89.5 Å². The predicted molar refractivity (Wildman–Crippen MR) is 144 cm³/mol. The van der Waals surface area contributed by atoms with Crippen LogP contribution in [0, 0.1) is 11.8 Å². The van der Waals surface area contributed by atoms with Crippen LogP contribution in [0.15, 0.2) is 72.8 Å². The Bertz CT molecular complexity index is 1160. The van der Waals surface area contributed by atoms with Crippen LogP contribution in [-0.2, 0) is 17.5 Å². The molecular weight excluding hydrogens is 487 g/mol. The second-order valence-electron chi connectivity index (χ2n) is 11.2. The Kier molecular flexibility index (Phi) is 7.34. The van der Waals surface area contributed by atoms with Gasteiger partial charge in [-0.3, -0.25) is 4.90 Å². The lowest BCUT2D eigenvalue weighted by Gasteiger charge is -2.48. The third-order valence-electron chi connectivity index (χ3n) is 8.65. The molecule has 3 aliphatic heterocycles. The first-order chi connectivity index (χ1) is 18.4. The molecule has 4 nitrogen and oxygen atoms in total. The summed E-state index contributed by atoms with van der Waals surface area (Å²) in [5, 5.41) is 7.32. The number of rotatable bonds is 6. The summed E-state index contributed by atoms with van der Waals surface area (Å²) in [5.41, 5.74) is 2.14. The molecule has 1 aliphatic carbocycles. The fourth-order valence-corrected chi connectivity index (χ4v) is 6.69. The van der Waals surface area contributed by atoms with E-state index in [-0.39, 0.29) is 24.2 Å². The van der Waals surface area contributed by atoms with Gasteiger partial charge in [0.25, 0.3) is 0 Å². The Morgan fingerprint density at radius 3 is 2.68 bits per heavy atom.